The van der Waals surface area contributed by atoms with Crippen molar-refractivity contribution in [1.82, 2.24) is 0 Å². The van der Waals surface area contributed by atoms with Crippen molar-refractivity contribution in [3.63, 3.8) is 0 Å². The summed E-state index contributed by atoms with van der Waals surface area (Å²) in [5.74, 6) is -0.715. The van der Waals surface area contributed by atoms with Gasteiger partial charge in [-0.05, 0) is 20.8 Å². The normalized spacial score (nSPS) is 47.8. The number of ether oxygens (including phenoxy) is 3. The van der Waals surface area contributed by atoms with Gasteiger partial charge < -0.3 is 24.4 Å². The molecule has 5 heteroatoms. The summed E-state index contributed by atoms with van der Waals surface area (Å²) in [4.78, 5) is 0. The van der Waals surface area contributed by atoms with Gasteiger partial charge >= 0.3 is 0 Å². The van der Waals surface area contributed by atoms with Gasteiger partial charge in [0.25, 0.3) is 0 Å². The van der Waals surface area contributed by atoms with Crippen molar-refractivity contribution in [2.24, 2.45) is 0 Å². The third-order valence-corrected chi connectivity index (χ3v) is 2.54. The molecule has 2 N–H and O–H groups in total. The fraction of sp³-hybridized carbons (Fsp3) is 1.00. The second-order valence-corrected chi connectivity index (χ2v) is 4.30. The molecule has 2 aliphatic heterocycles. The first-order valence-corrected chi connectivity index (χ1v) is 4.78. The first kappa shape index (κ1) is 10.3. The molecule has 2 rings (SSSR count). The predicted octanol–water partition coefficient (Wildman–Crippen LogP) is -0.396. The van der Waals surface area contributed by atoms with E-state index in [1.165, 1.54) is 0 Å². The molecular weight excluding hydrogens is 188 g/mol. The highest BCUT2D eigenvalue weighted by molar-refractivity contribution is 4.96. The summed E-state index contributed by atoms with van der Waals surface area (Å²) in [6.45, 7) is 5.16. The monoisotopic (exact) mass is 204 g/mol. The van der Waals surface area contributed by atoms with E-state index in [0.717, 1.165) is 0 Å². The van der Waals surface area contributed by atoms with Gasteiger partial charge in [0.15, 0.2) is 12.1 Å². The molecule has 0 aromatic heterocycles. The van der Waals surface area contributed by atoms with E-state index in [-0.39, 0.29) is 6.10 Å². The van der Waals surface area contributed by atoms with Crippen LogP contribution in [0.1, 0.15) is 20.8 Å². The average Bonchev–Trinajstić information content (AvgIpc) is 2.47. The molecule has 2 fully saturated rings. The maximum atomic E-state index is 9.51. The maximum absolute atomic E-state index is 9.51. The second-order valence-electron chi connectivity index (χ2n) is 4.30. The highest BCUT2D eigenvalue weighted by Crippen LogP contribution is 2.38. The maximum Gasteiger partial charge on any atom is 0.184 e. The van der Waals surface area contributed by atoms with Crippen LogP contribution in [-0.4, -0.2) is 46.7 Å². The van der Waals surface area contributed by atoms with E-state index < -0.39 is 30.4 Å². The quantitative estimate of drug-likeness (QED) is 0.608. The minimum atomic E-state index is -1.01. The largest absolute Gasteiger partial charge is 0.391 e. The lowest BCUT2D eigenvalue weighted by atomic mass is 10.1. The van der Waals surface area contributed by atoms with E-state index >= 15 is 0 Å². The van der Waals surface area contributed by atoms with Crippen molar-refractivity contribution in [3.05, 3.63) is 0 Å². The predicted molar refractivity (Wildman–Crippen MR) is 46.4 cm³/mol. The van der Waals surface area contributed by atoms with E-state index in [0.29, 0.717) is 0 Å². The summed E-state index contributed by atoms with van der Waals surface area (Å²) >= 11 is 0. The van der Waals surface area contributed by atoms with Crippen molar-refractivity contribution >= 4 is 0 Å². The molecule has 0 bridgehead atoms. The summed E-state index contributed by atoms with van der Waals surface area (Å²) < 4.78 is 16.1. The number of hydrogen-bond acceptors (Lipinski definition) is 5. The van der Waals surface area contributed by atoms with Gasteiger partial charge in [-0.25, -0.2) is 0 Å². The van der Waals surface area contributed by atoms with Gasteiger partial charge in [0.1, 0.15) is 18.3 Å². The number of fused-ring (bicyclic) bond motifs is 1. The summed E-state index contributed by atoms with van der Waals surface area (Å²) in [7, 11) is 0. The lowest BCUT2D eigenvalue weighted by molar-refractivity contribution is -0.229. The van der Waals surface area contributed by atoms with Crippen LogP contribution < -0.4 is 0 Å². The third-order valence-electron chi connectivity index (χ3n) is 2.54. The Morgan fingerprint density at radius 1 is 1.21 bits per heavy atom. The molecule has 0 radical (unpaired) electrons. The van der Waals surface area contributed by atoms with Gasteiger partial charge in [-0.3, -0.25) is 0 Å². The Labute approximate surface area is 82.6 Å². The molecule has 0 aliphatic carbocycles. The van der Waals surface area contributed by atoms with Gasteiger partial charge in [0.2, 0.25) is 0 Å². The summed E-state index contributed by atoms with van der Waals surface area (Å²) in [5, 5.41) is 18.9. The van der Waals surface area contributed by atoms with Crippen molar-refractivity contribution in [2.75, 3.05) is 0 Å². The van der Waals surface area contributed by atoms with Crippen LogP contribution in [0.2, 0.25) is 0 Å². The van der Waals surface area contributed by atoms with E-state index in [9.17, 15) is 10.2 Å². The third kappa shape index (κ3) is 1.55. The fourth-order valence-electron chi connectivity index (χ4n) is 2.00. The van der Waals surface area contributed by atoms with E-state index in [4.69, 9.17) is 14.2 Å². The lowest BCUT2D eigenvalue weighted by Crippen LogP contribution is -2.36. The molecule has 2 saturated heterocycles. The zero-order valence-electron chi connectivity index (χ0n) is 8.51. The molecular formula is C9H16O5. The minimum absolute atomic E-state index is 0.389. The Morgan fingerprint density at radius 3 is 2.36 bits per heavy atom. The summed E-state index contributed by atoms with van der Waals surface area (Å²) in [5.41, 5.74) is 0. The number of aliphatic hydroxyl groups is 2. The Balaban J connectivity index is 2.15. The molecule has 0 aromatic rings. The number of rotatable bonds is 1. The summed E-state index contributed by atoms with van der Waals surface area (Å²) in [6.07, 6.45) is -3.10. The topological polar surface area (TPSA) is 68.2 Å². The molecule has 0 aromatic carbocycles. The van der Waals surface area contributed by atoms with Gasteiger partial charge in [0.05, 0.1) is 6.10 Å². The van der Waals surface area contributed by atoms with E-state index in [1.54, 1.807) is 20.8 Å². The van der Waals surface area contributed by atoms with Crippen LogP contribution in [0.4, 0.5) is 0 Å². The van der Waals surface area contributed by atoms with Gasteiger partial charge in [-0.1, -0.05) is 0 Å². The second kappa shape index (κ2) is 3.15. The molecule has 5 nitrogen and oxygen atoms in total. The smallest absolute Gasteiger partial charge is 0.184 e. The van der Waals surface area contributed by atoms with Gasteiger partial charge in [0, 0.05) is 0 Å². The van der Waals surface area contributed by atoms with Crippen LogP contribution in [-0.2, 0) is 14.2 Å². The van der Waals surface area contributed by atoms with Crippen molar-refractivity contribution in [1.29, 1.82) is 0 Å². The van der Waals surface area contributed by atoms with Crippen LogP contribution in [0.3, 0.4) is 0 Å². The number of hydrogen-bond donors (Lipinski definition) is 2. The average molecular weight is 204 g/mol. The van der Waals surface area contributed by atoms with Crippen LogP contribution in [0.15, 0.2) is 0 Å². The van der Waals surface area contributed by atoms with Crippen LogP contribution in [0, 0.1) is 0 Å². The summed E-state index contributed by atoms with van der Waals surface area (Å²) in [6, 6.07) is 0. The lowest BCUT2D eigenvalue weighted by Gasteiger charge is -2.23. The van der Waals surface area contributed by atoms with Crippen LogP contribution in [0.25, 0.3) is 0 Å². The zero-order chi connectivity index (χ0) is 10.5. The van der Waals surface area contributed by atoms with Crippen molar-refractivity contribution in [3.8, 4) is 0 Å². The standard InChI is InChI=1S/C9H16O5/c1-4(10)5-6-7(8(11)12-5)14-9(2,3)13-6/h4-8,10-11H,1-3H3/t4-,5+,6-,7+,8-/m1/s1. The van der Waals surface area contributed by atoms with Gasteiger partial charge in [-0.2, -0.15) is 0 Å². The van der Waals surface area contributed by atoms with Crippen molar-refractivity contribution in [2.45, 2.75) is 57.3 Å². The van der Waals surface area contributed by atoms with Crippen LogP contribution >= 0.6 is 0 Å². The molecule has 0 saturated carbocycles. The molecule has 14 heavy (non-hydrogen) atoms. The number of aliphatic hydroxyl groups excluding tert-OH is 2. The van der Waals surface area contributed by atoms with Crippen molar-refractivity contribution < 1.29 is 24.4 Å². The SMILES string of the molecule is C[C@@H](O)[C@@H]1O[C@@H](O)[C@H]2OC(C)(C)O[C@H]12. The Morgan fingerprint density at radius 2 is 1.79 bits per heavy atom. The first-order chi connectivity index (χ1) is 6.41. The Hall–Kier alpha value is -0.200. The molecule has 82 valence electrons. The molecule has 5 atom stereocenters. The van der Waals surface area contributed by atoms with E-state index in [2.05, 4.69) is 0 Å². The Bertz CT molecular complexity index is 225. The fourth-order valence-corrected chi connectivity index (χ4v) is 2.00. The highest BCUT2D eigenvalue weighted by Gasteiger charge is 2.55. The van der Waals surface area contributed by atoms with Gasteiger partial charge in [-0.15, -0.1) is 0 Å². The molecule has 0 amide bonds. The zero-order valence-corrected chi connectivity index (χ0v) is 8.51. The first-order valence-electron chi connectivity index (χ1n) is 4.78. The van der Waals surface area contributed by atoms with E-state index in [1.807, 2.05) is 0 Å². The highest BCUT2D eigenvalue weighted by atomic mass is 16.8. The molecule has 0 spiro atoms. The molecule has 2 heterocycles. The molecule has 0 unspecified atom stereocenters. The Kier molecular flexibility index (Phi) is 2.32. The molecule has 2 aliphatic rings. The minimum Gasteiger partial charge on any atom is -0.391 e. The van der Waals surface area contributed by atoms with Crippen LogP contribution in [0.5, 0.6) is 0 Å².